The normalized spacial score (nSPS) is 16.9. The van der Waals surface area contributed by atoms with E-state index in [0.29, 0.717) is 34.4 Å². The Morgan fingerprint density at radius 2 is 1.85 bits per heavy atom. The highest BCUT2D eigenvalue weighted by Crippen LogP contribution is 2.36. The molecule has 3 heterocycles. The van der Waals surface area contributed by atoms with Gasteiger partial charge in [-0.05, 0) is 75.1 Å². The SMILES string of the molecule is CCOC(=O)c1c(NC(=O)c2ccc(S(=O)(=O)N3CCCc4ccccc43)cc2)sc2c1CC[NH+](C(C)C)C2. The number of amides is 1. The molecule has 10 heteroatoms. The van der Waals surface area contributed by atoms with Gasteiger partial charge >= 0.3 is 5.97 Å². The first kappa shape index (κ1) is 27.4. The number of carbonyl (C=O) groups is 2. The molecule has 39 heavy (non-hydrogen) atoms. The van der Waals surface area contributed by atoms with Crippen LogP contribution >= 0.6 is 11.3 Å². The van der Waals surface area contributed by atoms with Gasteiger partial charge in [0.25, 0.3) is 15.9 Å². The van der Waals surface area contributed by atoms with Gasteiger partial charge in [-0.2, -0.15) is 0 Å². The summed E-state index contributed by atoms with van der Waals surface area (Å²) >= 11 is 1.42. The van der Waals surface area contributed by atoms with Crippen molar-refractivity contribution in [2.45, 2.75) is 57.5 Å². The zero-order valence-corrected chi connectivity index (χ0v) is 24.1. The summed E-state index contributed by atoms with van der Waals surface area (Å²) < 4.78 is 33.7. The topological polar surface area (TPSA) is 97.2 Å². The Morgan fingerprint density at radius 3 is 2.56 bits per heavy atom. The van der Waals surface area contributed by atoms with E-state index in [1.807, 2.05) is 24.3 Å². The van der Waals surface area contributed by atoms with Crippen molar-refractivity contribution in [3.63, 3.8) is 0 Å². The summed E-state index contributed by atoms with van der Waals surface area (Å²) in [6.45, 7) is 8.49. The van der Waals surface area contributed by atoms with Crippen LogP contribution in [0.5, 0.6) is 0 Å². The number of hydrogen-bond acceptors (Lipinski definition) is 6. The standard InChI is InChI=1S/C29H33N3O5S2/c1-4-37-29(34)26-23-15-17-31(19(2)3)18-25(23)38-28(26)30-27(33)21-11-13-22(14-12-21)39(35,36)32-16-7-9-20-8-5-6-10-24(20)32/h5-6,8,10-14,19H,4,7,9,15-18H2,1-3H3,(H,30,33)/p+1. The lowest BCUT2D eigenvalue weighted by Crippen LogP contribution is -3.14. The fourth-order valence-electron chi connectivity index (χ4n) is 5.33. The molecule has 0 saturated heterocycles. The first-order chi connectivity index (χ1) is 18.7. The van der Waals surface area contributed by atoms with Gasteiger partial charge in [-0.25, -0.2) is 13.2 Å². The molecule has 0 fully saturated rings. The molecule has 206 valence electrons. The zero-order chi connectivity index (χ0) is 27.7. The lowest BCUT2D eigenvalue weighted by Gasteiger charge is -2.30. The number of thiophene rings is 1. The molecule has 0 saturated carbocycles. The number of sulfonamides is 1. The van der Waals surface area contributed by atoms with Gasteiger partial charge in [0, 0.05) is 18.5 Å². The Kier molecular flexibility index (Phi) is 7.80. The van der Waals surface area contributed by atoms with Crippen molar-refractivity contribution in [3.05, 3.63) is 75.7 Å². The molecule has 2 aliphatic heterocycles. The summed E-state index contributed by atoms with van der Waals surface area (Å²) in [5.41, 5.74) is 3.43. The Morgan fingerprint density at radius 1 is 1.10 bits per heavy atom. The van der Waals surface area contributed by atoms with Crippen LogP contribution in [-0.2, 0) is 34.1 Å². The number of benzene rings is 2. The van der Waals surface area contributed by atoms with Crippen molar-refractivity contribution in [2.75, 3.05) is 29.3 Å². The molecule has 2 aromatic carbocycles. The zero-order valence-electron chi connectivity index (χ0n) is 22.5. The van der Waals surface area contributed by atoms with Crippen molar-refractivity contribution >= 4 is 43.9 Å². The predicted octanol–water partition coefficient (Wildman–Crippen LogP) is 3.67. The minimum atomic E-state index is -3.78. The van der Waals surface area contributed by atoms with Crippen molar-refractivity contribution in [2.24, 2.45) is 0 Å². The van der Waals surface area contributed by atoms with E-state index >= 15 is 0 Å². The predicted molar refractivity (Wildman–Crippen MR) is 152 cm³/mol. The molecule has 2 aliphatic rings. The number of hydrogen-bond donors (Lipinski definition) is 2. The van der Waals surface area contributed by atoms with E-state index in [-0.39, 0.29) is 11.5 Å². The maximum atomic E-state index is 13.5. The molecule has 1 amide bonds. The maximum absolute atomic E-state index is 13.5. The number of rotatable bonds is 7. The van der Waals surface area contributed by atoms with Crippen LogP contribution in [0, 0.1) is 0 Å². The van der Waals surface area contributed by atoms with Crippen LogP contribution in [0.25, 0.3) is 0 Å². The van der Waals surface area contributed by atoms with Crippen molar-refractivity contribution in [1.29, 1.82) is 0 Å². The van der Waals surface area contributed by atoms with Crippen LogP contribution in [0.4, 0.5) is 10.7 Å². The third kappa shape index (κ3) is 5.33. The molecular formula is C29H34N3O5S2+. The fraction of sp³-hybridized carbons (Fsp3) is 0.379. The highest BCUT2D eigenvalue weighted by molar-refractivity contribution is 7.92. The number of carbonyl (C=O) groups excluding carboxylic acids is 2. The van der Waals surface area contributed by atoms with E-state index in [9.17, 15) is 18.0 Å². The van der Waals surface area contributed by atoms with Crippen molar-refractivity contribution in [1.82, 2.24) is 0 Å². The molecular weight excluding hydrogens is 534 g/mol. The molecule has 0 radical (unpaired) electrons. The van der Waals surface area contributed by atoms with Crippen LogP contribution in [0.2, 0.25) is 0 Å². The smallest absolute Gasteiger partial charge is 0.341 e. The molecule has 0 spiro atoms. The second-order valence-corrected chi connectivity index (χ2v) is 13.2. The van der Waals surface area contributed by atoms with E-state index < -0.39 is 21.9 Å². The molecule has 8 nitrogen and oxygen atoms in total. The summed E-state index contributed by atoms with van der Waals surface area (Å²) in [6.07, 6.45) is 2.34. The van der Waals surface area contributed by atoms with Gasteiger partial charge < -0.3 is 15.0 Å². The Labute approximate surface area is 233 Å². The number of nitrogens with zero attached hydrogens (tertiary/aromatic N) is 1. The second-order valence-electron chi connectivity index (χ2n) is 10.2. The summed E-state index contributed by atoms with van der Waals surface area (Å²) in [7, 11) is -3.78. The summed E-state index contributed by atoms with van der Waals surface area (Å²) in [5, 5.41) is 3.39. The third-order valence-electron chi connectivity index (χ3n) is 7.47. The molecule has 1 unspecified atom stereocenters. The van der Waals surface area contributed by atoms with E-state index in [0.717, 1.165) is 48.4 Å². The average molecular weight is 569 g/mol. The van der Waals surface area contributed by atoms with Gasteiger partial charge in [-0.1, -0.05) is 18.2 Å². The van der Waals surface area contributed by atoms with Gasteiger partial charge in [-0.15, -0.1) is 11.3 Å². The number of para-hydroxylation sites is 1. The summed E-state index contributed by atoms with van der Waals surface area (Å²) in [4.78, 5) is 28.8. The molecule has 0 aliphatic carbocycles. The highest BCUT2D eigenvalue weighted by Gasteiger charge is 2.33. The Balaban J connectivity index is 1.38. The molecule has 5 rings (SSSR count). The van der Waals surface area contributed by atoms with Crippen molar-refractivity contribution < 1.29 is 27.6 Å². The number of aryl methyl sites for hydroxylation is 1. The fourth-order valence-corrected chi connectivity index (χ4v) is 8.15. The lowest BCUT2D eigenvalue weighted by atomic mass is 10.0. The van der Waals surface area contributed by atoms with E-state index in [1.165, 1.54) is 44.8 Å². The van der Waals surface area contributed by atoms with E-state index in [2.05, 4.69) is 19.2 Å². The average Bonchev–Trinajstić information content (AvgIpc) is 3.29. The van der Waals surface area contributed by atoms with Gasteiger partial charge in [-0.3, -0.25) is 9.10 Å². The Bertz CT molecular complexity index is 1500. The molecule has 1 atom stereocenters. The van der Waals surface area contributed by atoms with Gasteiger partial charge in [0.05, 0.1) is 40.2 Å². The van der Waals surface area contributed by atoms with Crippen LogP contribution < -0.4 is 14.5 Å². The maximum Gasteiger partial charge on any atom is 0.341 e. The first-order valence-electron chi connectivity index (χ1n) is 13.4. The number of quaternary nitrogens is 1. The second kappa shape index (κ2) is 11.1. The van der Waals surface area contributed by atoms with E-state index in [4.69, 9.17) is 4.74 Å². The monoisotopic (exact) mass is 568 g/mol. The van der Waals surface area contributed by atoms with Gasteiger partial charge in [0.15, 0.2) is 0 Å². The number of ether oxygens (including phenoxy) is 1. The lowest BCUT2D eigenvalue weighted by molar-refractivity contribution is -0.936. The summed E-state index contributed by atoms with van der Waals surface area (Å²) in [5.74, 6) is -0.832. The van der Waals surface area contributed by atoms with Crippen LogP contribution in [0.15, 0.2) is 53.4 Å². The largest absolute Gasteiger partial charge is 0.462 e. The number of nitrogens with one attached hydrogen (secondary N) is 2. The molecule has 0 bridgehead atoms. The number of anilines is 2. The third-order valence-corrected chi connectivity index (χ3v) is 10.4. The highest BCUT2D eigenvalue weighted by atomic mass is 32.2. The molecule has 2 N–H and O–H groups in total. The van der Waals surface area contributed by atoms with E-state index in [1.54, 1.807) is 6.92 Å². The van der Waals surface area contributed by atoms with Crippen LogP contribution in [-0.4, -0.2) is 46.0 Å². The quantitative estimate of drug-likeness (QED) is 0.424. The minimum absolute atomic E-state index is 0.131. The number of esters is 1. The Hall–Kier alpha value is -3.21. The minimum Gasteiger partial charge on any atom is -0.462 e. The number of fused-ring (bicyclic) bond motifs is 2. The van der Waals surface area contributed by atoms with Crippen LogP contribution in [0.3, 0.4) is 0 Å². The first-order valence-corrected chi connectivity index (χ1v) is 15.6. The molecule has 1 aromatic heterocycles. The molecule has 3 aromatic rings. The van der Waals surface area contributed by atoms with Crippen molar-refractivity contribution in [3.8, 4) is 0 Å². The summed E-state index contributed by atoms with van der Waals surface area (Å²) in [6, 6.07) is 14.0. The van der Waals surface area contributed by atoms with Gasteiger partial charge in [0.2, 0.25) is 0 Å². The van der Waals surface area contributed by atoms with Gasteiger partial charge in [0.1, 0.15) is 11.5 Å². The van der Waals surface area contributed by atoms with Crippen LogP contribution in [0.1, 0.15) is 63.9 Å².